The van der Waals surface area contributed by atoms with Gasteiger partial charge in [-0.3, -0.25) is 4.79 Å². The van der Waals surface area contributed by atoms with E-state index < -0.39 is 0 Å². The number of carbonyl (C=O) groups excluding carboxylic acids is 1. The molecular weight excluding hydrogens is 266 g/mol. The molecule has 1 saturated heterocycles. The van der Waals surface area contributed by atoms with Crippen LogP contribution < -0.4 is 5.73 Å². The Hall–Kier alpha value is -2.01. The minimum Gasteiger partial charge on any atom is -0.399 e. The summed E-state index contributed by atoms with van der Waals surface area (Å²) in [6.07, 6.45) is 3.95. The van der Waals surface area contributed by atoms with Crippen LogP contribution in [0.3, 0.4) is 0 Å². The van der Waals surface area contributed by atoms with Crippen molar-refractivity contribution in [2.45, 2.75) is 12.8 Å². The Labute approximate surface area is 124 Å². The van der Waals surface area contributed by atoms with Crippen molar-refractivity contribution in [2.24, 2.45) is 5.92 Å². The van der Waals surface area contributed by atoms with Gasteiger partial charge in [0.05, 0.1) is 12.2 Å². The highest BCUT2D eigenvalue weighted by Crippen LogP contribution is 2.24. The van der Waals surface area contributed by atoms with Gasteiger partial charge in [0.2, 0.25) is 0 Å². The van der Waals surface area contributed by atoms with E-state index in [0.717, 1.165) is 42.4 Å². The largest absolute Gasteiger partial charge is 0.399 e. The van der Waals surface area contributed by atoms with Gasteiger partial charge in [-0.15, -0.1) is 0 Å². The van der Waals surface area contributed by atoms with Crippen molar-refractivity contribution in [3.8, 4) is 0 Å². The Morgan fingerprint density at radius 2 is 2.38 bits per heavy atom. The maximum Gasteiger partial charge on any atom is 0.256 e. The van der Waals surface area contributed by atoms with Gasteiger partial charge >= 0.3 is 0 Å². The highest BCUT2D eigenvalue weighted by Gasteiger charge is 2.25. The number of fused-ring (bicyclic) bond motifs is 1. The number of ether oxygens (including phenoxy) is 1. The molecule has 1 aromatic carbocycles. The first kappa shape index (κ1) is 13.9. The van der Waals surface area contributed by atoms with Gasteiger partial charge in [-0.05, 0) is 37.0 Å². The van der Waals surface area contributed by atoms with Gasteiger partial charge in [-0.2, -0.15) is 0 Å². The molecule has 0 radical (unpaired) electrons. The number of nitrogen functional groups attached to an aromatic ring is 1. The summed E-state index contributed by atoms with van der Waals surface area (Å²) in [5.41, 5.74) is 8.10. The zero-order valence-corrected chi connectivity index (χ0v) is 12.3. The molecule has 1 fully saturated rings. The molecule has 2 heterocycles. The molecule has 21 heavy (non-hydrogen) atoms. The first-order valence-electron chi connectivity index (χ1n) is 7.34. The second kappa shape index (κ2) is 5.77. The average molecular weight is 287 g/mol. The Bertz CT molecular complexity index is 648. The van der Waals surface area contributed by atoms with Gasteiger partial charge in [-0.25, -0.2) is 0 Å². The molecule has 1 aromatic heterocycles. The monoisotopic (exact) mass is 287 g/mol. The number of amides is 1. The minimum atomic E-state index is 0.0897. The first-order chi connectivity index (χ1) is 10.2. The minimum absolute atomic E-state index is 0.0897. The lowest BCUT2D eigenvalue weighted by atomic mass is 9.98. The van der Waals surface area contributed by atoms with Crippen LogP contribution in [0.15, 0.2) is 24.4 Å². The highest BCUT2D eigenvalue weighted by molar-refractivity contribution is 6.07. The number of benzene rings is 1. The molecule has 0 aliphatic carbocycles. The predicted octanol–water partition coefficient (Wildman–Crippen LogP) is 2.25. The second-order valence-corrected chi connectivity index (χ2v) is 5.72. The fraction of sp³-hybridized carbons (Fsp3) is 0.438. The van der Waals surface area contributed by atoms with E-state index in [9.17, 15) is 4.79 Å². The zero-order valence-electron chi connectivity index (χ0n) is 12.3. The third-order valence-corrected chi connectivity index (χ3v) is 4.14. The van der Waals surface area contributed by atoms with Crippen LogP contribution >= 0.6 is 0 Å². The van der Waals surface area contributed by atoms with Gasteiger partial charge in [-0.1, -0.05) is 0 Å². The lowest BCUT2D eigenvalue weighted by Gasteiger charge is -2.32. The summed E-state index contributed by atoms with van der Waals surface area (Å²) in [7, 11) is 1.71. The van der Waals surface area contributed by atoms with Crippen LogP contribution in [0.1, 0.15) is 23.2 Å². The molecule has 112 valence electrons. The number of anilines is 1. The molecule has 1 unspecified atom stereocenters. The van der Waals surface area contributed by atoms with Crippen molar-refractivity contribution in [1.82, 2.24) is 9.88 Å². The van der Waals surface area contributed by atoms with Crippen LogP contribution in [-0.2, 0) is 4.74 Å². The summed E-state index contributed by atoms with van der Waals surface area (Å²) in [6.45, 7) is 2.31. The number of H-pyrrole nitrogens is 1. The lowest BCUT2D eigenvalue weighted by Crippen LogP contribution is -2.41. The van der Waals surface area contributed by atoms with Crippen LogP contribution in [0, 0.1) is 5.92 Å². The number of aromatic nitrogens is 1. The quantitative estimate of drug-likeness (QED) is 0.851. The Kier molecular flexibility index (Phi) is 3.84. The van der Waals surface area contributed by atoms with Gasteiger partial charge < -0.3 is 20.4 Å². The topological polar surface area (TPSA) is 71.3 Å². The third kappa shape index (κ3) is 2.74. The van der Waals surface area contributed by atoms with E-state index in [0.29, 0.717) is 18.2 Å². The fourth-order valence-electron chi connectivity index (χ4n) is 3.11. The summed E-state index contributed by atoms with van der Waals surface area (Å²) in [5.74, 6) is 0.528. The summed E-state index contributed by atoms with van der Waals surface area (Å²) >= 11 is 0. The number of hydrogen-bond donors (Lipinski definition) is 2. The second-order valence-electron chi connectivity index (χ2n) is 5.72. The molecule has 3 N–H and O–H groups in total. The maximum absolute atomic E-state index is 12.7. The summed E-state index contributed by atoms with van der Waals surface area (Å²) < 4.78 is 5.23. The number of methoxy groups -OCH3 is 1. The van der Waals surface area contributed by atoms with Crippen LogP contribution in [0.2, 0.25) is 0 Å². The molecule has 1 amide bonds. The normalized spacial score (nSPS) is 19.1. The summed E-state index contributed by atoms with van der Waals surface area (Å²) in [6, 6.07) is 5.60. The van der Waals surface area contributed by atoms with Crippen molar-refractivity contribution in [2.75, 3.05) is 32.5 Å². The Morgan fingerprint density at radius 1 is 1.52 bits per heavy atom. The van der Waals surface area contributed by atoms with Crippen LogP contribution in [0.25, 0.3) is 10.9 Å². The molecule has 0 spiro atoms. The van der Waals surface area contributed by atoms with E-state index in [1.807, 2.05) is 23.1 Å². The average Bonchev–Trinajstić information content (AvgIpc) is 2.90. The summed E-state index contributed by atoms with van der Waals surface area (Å²) in [4.78, 5) is 17.8. The molecular formula is C16H21N3O2. The van der Waals surface area contributed by atoms with Crippen molar-refractivity contribution in [3.63, 3.8) is 0 Å². The van der Waals surface area contributed by atoms with E-state index in [2.05, 4.69) is 4.98 Å². The number of likely N-dealkylation sites (tertiary alicyclic amines) is 1. The number of rotatable bonds is 3. The van der Waals surface area contributed by atoms with E-state index >= 15 is 0 Å². The highest BCUT2D eigenvalue weighted by atomic mass is 16.5. The van der Waals surface area contributed by atoms with E-state index in [-0.39, 0.29) is 5.91 Å². The fourth-order valence-corrected chi connectivity index (χ4v) is 3.11. The smallest absolute Gasteiger partial charge is 0.256 e. The number of nitrogens with two attached hydrogens (primary N) is 1. The van der Waals surface area contributed by atoms with E-state index in [1.165, 1.54) is 0 Å². The van der Waals surface area contributed by atoms with Gasteiger partial charge in [0.15, 0.2) is 0 Å². The van der Waals surface area contributed by atoms with Gasteiger partial charge in [0.1, 0.15) is 0 Å². The van der Waals surface area contributed by atoms with Crippen LogP contribution in [0.4, 0.5) is 5.69 Å². The van der Waals surface area contributed by atoms with Crippen molar-refractivity contribution < 1.29 is 9.53 Å². The molecule has 1 aliphatic rings. The Morgan fingerprint density at radius 3 is 3.19 bits per heavy atom. The van der Waals surface area contributed by atoms with Gasteiger partial charge in [0.25, 0.3) is 5.91 Å². The first-order valence-corrected chi connectivity index (χ1v) is 7.34. The number of hydrogen-bond acceptors (Lipinski definition) is 3. The number of aromatic amines is 1. The standard InChI is InChI=1S/C16H21N3O2/c1-21-10-11-3-2-6-19(9-11)16(20)14-8-18-15-7-12(17)4-5-13(14)15/h4-5,7-8,11,18H,2-3,6,9-10,17H2,1H3. The molecule has 5 nitrogen and oxygen atoms in total. The van der Waals surface area contributed by atoms with Crippen LogP contribution in [0.5, 0.6) is 0 Å². The van der Waals surface area contributed by atoms with Crippen LogP contribution in [-0.4, -0.2) is 42.6 Å². The molecule has 0 saturated carbocycles. The Balaban J connectivity index is 1.83. The third-order valence-electron chi connectivity index (χ3n) is 4.14. The maximum atomic E-state index is 12.7. The molecule has 2 aromatic rings. The number of piperidine rings is 1. The molecule has 1 aliphatic heterocycles. The molecule has 1 atom stereocenters. The van der Waals surface area contributed by atoms with Gasteiger partial charge in [0, 0.05) is 43.0 Å². The van der Waals surface area contributed by atoms with E-state index in [1.54, 1.807) is 13.3 Å². The number of nitrogens with one attached hydrogen (secondary N) is 1. The predicted molar refractivity (Wildman–Crippen MR) is 83.2 cm³/mol. The lowest BCUT2D eigenvalue weighted by molar-refractivity contribution is 0.0572. The number of nitrogens with zero attached hydrogens (tertiary/aromatic N) is 1. The SMILES string of the molecule is COCC1CCCN(C(=O)c2c[nH]c3cc(N)ccc23)C1. The van der Waals surface area contributed by atoms with Crippen molar-refractivity contribution >= 4 is 22.5 Å². The molecule has 3 rings (SSSR count). The number of carbonyl (C=O) groups is 1. The summed E-state index contributed by atoms with van der Waals surface area (Å²) in [5, 5.41) is 0.933. The molecule has 5 heteroatoms. The zero-order chi connectivity index (χ0) is 14.8. The van der Waals surface area contributed by atoms with Crippen molar-refractivity contribution in [1.29, 1.82) is 0 Å². The van der Waals surface area contributed by atoms with Crippen molar-refractivity contribution in [3.05, 3.63) is 30.0 Å². The molecule has 0 bridgehead atoms. The van der Waals surface area contributed by atoms with E-state index in [4.69, 9.17) is 10.5 Å².